The first kappa shape index (κ1) is 7.76. The average Bonchev–Trinajstić information content (AvgIpc) is 2.33. The molecular formula is C8H12N2O2. The quantitative estimate of drug-likeness (QED) is 0.683. The standard InChI is InChI=1S/C8H12N2O2/c1-6-2-7(9-12-6)3-10-4-8(11)5-10/h2,8,11H,3-5H2,1H3. The molecule has 1 N–H and O–H groups in total. The van der Waals surface area contributed by atoms with Crippen LogP contribution in [-0.2, 0) is 6.54 Å². The fourth-order valence-electron chi connectivity index (χ4n) is 1.39. The van der Waals surface area contributed by atoms with E-state index < -0.39 is 0 Å². The van der Waals surface area contributed by atoms with Crippen LogP contribution in [0.5, 0.6) is 0 Å². The SMILES string of the molecule is Cc1cc(CN2CC(O)C2)no1. The Bertz CT molecular complexity index is 266. The van der Waals surface area contributed by atoms with Crippen molar-refractivity contribution in [3.05, 3.63) is 17.5 Å². The zero-order valence-electron chi connectivity index (χ0n) is 7.03. The van der Waals surface area contributed by atoms with Gasteiger partial charge < -0.3 is 9.63 Å². The first-order valence-electron chi connectivity index (χ1n) is 4.06. The Morgan fingerprint density at radius 3 is 3.00 bits per heavy atom. The molecule has 2 heterocycles. The summed E-state index contributed by atoms with van der Waals surface area (Å²) in [5.41, 5.74) is 0.944. The molecule has 66 valence electrons. The van der Waals surface area contributed by atoms with Crippen molar-refractivity contribution in [1.29, 1.82) is 0 Å². The Morgan fingerprint density at radius 1 is 1.75 bits per heavy atom. The van der Waals surface area contributed by atoms with Gasteiger partial charge in [0, 0.05) is 25.7 Å². The predicted molar refractivity (Wildman–Crippen MR) is 42.5 cm³/mol. The molecule has 12 heavy (non-hydrogen) atoms. The van der Waals surface area contributed by atoms with Crippen molar-refractivity contribution in [1.82, 2.24) is 10.1 Å². The molecule has 0 atom stereocenters. The van der Waals surface area contributed by atoms with Crippen LogP contribution in [0.4, 0.5) is 0 Å². The second-order valence-electron chi connectivity index (χ2n) is 3.28. The van der Waals surface area contributed by atoms with Crippen molar-refractivity contribution in [3.63, 3.8) is 0 Å². The number of hydrogen-bond acceptors (Lipinski definition) is 4. The van der Waals surface area contributed by atoms with E-state index in [9.17, 15) is 0 Å². The zero-order valence-corrected chi connectivity index (χ0v) is 7.03. The van der Waals surface area contributed by atoms with E-state index in [1.165, 1.54) is 0 Å². The highest BCUT2D eigenvalue weighted by Gasteiger charge is 2.24. The second-order valence-corrected chi connectivity index (χ2v) is 3.28. The fourth-order valence-corrected chi connectivity index (χ4v) is 1.39. The van der Waals surface area contributed by atoms with Crippen molar-refractivity contribution >= 4 is 0 Å². The summed E-state index contributed by atoms with van der Waals surface area (Å²) in [6, 6.07) is 1.92. The van der Waals surface area contributed by atoms with Gasteiger partial charge in [-0.3, -0.25) is 4.90 Å². The maximum atomic E-state index is 9.02. The van der Waals surface area contributed by atoms with E-state index in [1.807, 2.05) is 13.0 Å². The van der Waals surface area contributed by atoms with Gasteiger partial charge in [-0.2, -0.15) is 0 Å². The normalized spacial score (nSPS) is 19.5. The van der Waals surface area contributed by atoms with Crippen molar-refractivity contribution in [2.24, 2.45) is 0 Å². The molecule has 4 nitrogen and oxygen atoms in total. The van der Waals surface area contributed by atoms with Gasteiger partial charge in [0.05, 0.1) is 11.8 Å². The highest BCUT2D eigenvalue weighted by molar-refractivity contribution is 5.04. The van der Waals surface area contributed by atoms with Crippen molar-refractivity contribution in [2.75, 3.05) is 13.1 Å². The minimum absolute atomic E-state index is 0.141. The topological polar surface area (TPSA) is 49.5 Å². The lowest BCUT2D eigenvalue weighted by molar-refractivity contribution is -0.00399. The van der Waals surface area contributed by atoms with Gasteiger partial charge in [-0.1, -0.05) is 5.16 Å². The minimum atomic E-state index is -0.141. The zero-order chi connectivity index (χ0) is 8.55. The summed E-state index contributed by atoms with van der Waals surface area (Å²) >= 11 is 0. The summed E-state index contributed by atoms with van der Waals surface area (Å²) in [4.78, 5) is 2.13. The molecule has 0 aliphatic carbocycles. The summed E-state index contributed by atoms with van der Waals surface area (Å²) in [6.07, 6.45) is -0.141. The van der Waals surface area contributed by atoms with Crippen molar-refractivity contribution in [3.8, 4) is 0 Å². The van der Waals surface area contributed by atoms with Gasteiger partial charge in [-0.25, -0.2) is 0 Å². The molecule has 0 bridgehead atoms. The lowest BCUT2D eigenvalue weighted by Crippen LogP contribution is -2.49. The molecule has 1 saturated heterocycles. The smallest absolute Gasteiger partial charge is 0.133 e. The molecule has 1 fully saturated rings. The predicted octanol–water partition coefficient (Wildman–Crippen LogP) is 0.160. The van der Waals surface area contributed by atoms with Crippen molar-refractivity contribution in [2.45, 2.75) is 19.6 Å². The van der Waals surface area contributed by atoms with Crippen LogP contribution in [0.3, 0.4) is 0 Å². The molecule has 0 saturated carbocycles. The molecule has 0 aromatic carbocycles. The van der Waals surface area contributed by atoms with E-state index in [2.05, 4.69) is 10.1 Å². The van der Waals surface area contributed by atoms with Crippen LogP contribution in [0, 0.1) is 6.92 Å². The largest absolute Gasteiger partial charge is 0.390 e. The highest BCUT2D eigenvalue weighted by Crippen LogP contribution is 2.12. The molecule has 1 aliphatic rings. The maximum Gasteiger partial charge on any atom is 0.133 e. The number of β-amino-alcohol motifs (C(OH)–C–C–N with tert-alkyl or cyclic N) is 1. The molecule has 1 aromatic heterocycles. The van der Waals surface area contributed by atoms with Gasteiger partial charge in [-0.05, 0) is 6.92 Å². The number of aryl methyl sites for hydroxylation is 1. The summed E-state index contributed by atoms with van der Waals surface area (Å²) < 4.78 is 4.92. The molecule has 0 unspecified atom stereocenters. The monoisotopic (exact) mass is 168 g/mol. The number of nitrogens with zero attached hydrogens (tertiary/aromatic N) is 2. The molecule has 1 aromatic rings. The van der Waals surface area contributed by atoms with Crippen LogP contribution in [0.15, 0.2) is 10.6 Å². The number of aromatic nitrogens is 1. The third-order valence-corrected chi connectivity index (χ3v) is 2.00. The number of likely N-dealkylation sites (tertiary alicyclic amines) is 1. The number of aliphatic hydroxyl groups excluding tert-OH is 1. The first-order chi connectivity index (χ1) is 5.74. The summed E-state index contributed by atoms with van der Waals surface area (Å²) in [6.45, 7) is 4.17. The van der Waals surface area contributed by atoms with Gasteiger partial charge in [0.2, 0.25) is 0 Å². The maximum absolute atomic E-state index is 9.02. The number of hydrogen-bond donors (Lipinski definition) is 1. The van der Waals surface area contributed by atoms with Gasteiger partial charge in [0.1, 0.15) is 5.76 Å². The average molecular weight is 168 g/mol. The second kappa shape index (κ2) is 2.88. The van der Waals surface area contributed by atoms with Gasteiger partial charge in [0.15, 0.2) is 0 Å². The van der Waals surface area contributed by atoms with Gasteiger partial charge in [-0.15, -0.1) is 0 Å². The molecule has 2 rings (SSSR count). The van der Waals surface area contributed by atoms with E-state index >= 15 is 0 Å². The number of aliphatic hydroxyl groups is 1. The van der Waals surface area contributed by atoms with Crippen LogP contribution in [-0.4, -0.2) is 34.4 Å². The van der Waals surface area contributed by atoms with E-state index in [0.29, 0.717) is 0 Å². The number of rotatable bonds is 2. The summed E-state index contributed by atoms with van der Waals surface area (Å²) in [7, 11) is 0. The van der Waals surface area contributed by atoms with E-state index in [1.54, 1.807) is 0 Å². The lowest BCUT2D eigenvalue weighted by Gasteiger charge is -2.34. The van der Waals surface area contributed by atoms with E-state index in [-0.39, 0.29) is 6.10 Å². The van der Waals surface area contributed by atoms with Crippen LogP contribution >= 0.6 is 0 Å². The third kappa shape index (κ3) is 1.49. The third-order valence-electron chi connectivity index (χ3n) is 2.00. The molecule has 4 heteroatoms. The van der Waals surface area contributed by atoms with Crippen LogP contribution in [0.2, 0.25) is 0 Å². The highest BCUT2D eigenvalue weighted by atomic mass is 16.5. The van der Waals surface area contributed by atoms with E-state index in [4.69, 9.17) is 9.63 Å². The molecule has 0 radical (unpaired) electrons. The van der Waals surface area contributed by atoms with Gasteiger partial charge in [0.25, 0.3) is 0 Å². The summed E-state index contributed by atoms with van der Waals surface area (Å²) in [5, 5.41) is 12.9. The Labute approximate surface area is 70.8 Å². The molecular weight excluding hydrogens is 156 g/mol. The molecule has 0 spiro atoms. The minimum Gasteiger partial charge on any atom is -0.390 e. The Kier molecular flexibility index (Phi) is 1.86. The molecule has 1 aliphatic heterocycles. The van der Waals surface area contributed by atoms with Crippen molar-refractivity contribution < 1.29 is 9.63 Å². The fraction of sp³-hybridized carbons (Fsp3) is 0.625. The van der Waals surface area contributed by atoms with E-state index in [0.717, 1.165) is 31.1 Å². The van der Waals surface area contributed by atoms with Gasteiger partial charge >= 0.3 is 0 Å². The Hall–Kier alpha value is -0.870. The molecule has 0 amide bonds. The Morgan fingerprint density at radius 2 is 2.50 bits per heavy atom. The Balaban J connectivity index is 1.88. The van der Waals surface area contributed by atoms with Crippen LogP contribution in [0.1, 0.15) is 11.5 Å². The first-order valence-corrected chi connectivity index (χ1v) is 4.06. The van der Waals surface area contributed by atoms with Crippen LogP contribution in [0.25, 0.3) is 0 Å². The van der Waals surface area contributed by atoms with Crippen LogP contribution < -0.4 is 0 Å². The summed E-state index contributed by atoms with van der Waals surface area (Å²) in [5.74, 6) is 0.839. The lowest BCUT2D eigenvalue weighted by atomic mass is 10.1.